The molecule has 0 bridgehead atoms. The average Bonchev–Trinajstić information content (AvgIpc) is 2.60. The molecule has 0 spiro atoms. The number of nitrogens with one attached hydrogen (secondary N) is 1. The van der Waals surface area contributed by atoms with Crippen LogP contribution in [0.5, 0.6) is 0 Å². The molecule has 2 N–H and O–H groups in total. The van der Waals surface area contributed by atoms with Crippen LogP contribution in [0.15, 0.2) is 12.3 Å². The summed E-state index contributed by atoms with van der Waals surface area (Å²) in [6.07, 6.45) is 1.73. The fourth-order valence-corrected chi connectivity index (χ4v) is 1.29. The van der Waals surface area contributed by atoms with Crippen molar-refractivity contribution in [2.45, 2.75) is 26.8 Å². The fraction of sp³-hybridized carbons (Fsp3) is 0.545. The van der Waals surface area contributed by atoms with E-state index in [1.165, 1.54) is 13.8 Å². The molecule has 1 rings (SSSR count). The zero-order valence-electron chi connectivity index (χ0n) is 10.2. The Balaban J connectivity index is 2.43. The molecular formula is C11H17N3O3. The van der Waals surface area contributed by atoms with Crippen LogP contribution in [-0.2, 0) is 23.2 Å². The molecule has 94 valence electrons. The van der Waals surface area contributed by atoms with Crippen LogP contribution in [0.3, 0.4) is 0 Å². The normalized spacial score (nSPS) is 11.2. The monoisotopic (exact) mass is 239 g/mol. The average molecular weight is 239 g/mol. The zero-order chi connectivity index (χ0) is 13.1. The van der Waals surface area contributed by atoms with Crippen molar-refractivity contribution in [3.63, 3.8) is 0 Å². The van der Waals surface area contributed by atoms with E-state index in [-0.39, 0.29) is 12.3 Å². The van der Waals surface area contributed by atoms with E-state index in [0.717, 1.165) is 5.69 Å². The number of nitrogens with zero attached hydrogens (tertiary/aromatic N) is 2. The number of carbonyl (C=O) groups is 2. The maximum Gasteiger partial charge on any atom is 0.309 e. The molecule has 0 unspecified atom stereocenters. The molecule has 0 aromatic carbocycles. The van der Waals surface area contributed by atoms with Crippen LogP contribution in [-0.4, -0.2) is 26.8 Å². The summed E-state index contributed by atoms with van der Waals surface area (Å²) in [7, 11) is 1.79. The van der Waals surface area contributed by atoms with Crippen LogP contribution in [0.2, 0.25) is 0 Å². The molecule has 0 fully saturated rings. The molecule has 0 atom stereocenters. The van der Waals surface area contributed by atoms with Crippen molar-refractivity contribution < 1.29 is 14.7 Å². The quantitative estimate of drug-likeness (QED) is 0.785. The lowest BCUT2D eigenvalue weighted by molar-refractivity contribution is -0.149. The van der Waals surface area contributed by atoms with Gasteiger partial charge in [0.2, 0.25) is 5.91 Å². The molecule has 0 aliphatic heterocycles. The zero-order valence-corrected chi connectivity index (χ0v) is 10.2. The van der Waals surface area contributed by atoms with Crippen molar-refractivity contribution >= 4 is 11.9 Å². The first kappa shape index (κ1) is 13.2. The summed E-state index contributed by atoms with van der Waals surface area (Å²) in [6.45, 7) is 3.36. The van der Waals surface area contributed by atoms with Gasteiger partial charge in [-0.05, 0) is 19.9 Å². The maximum atomic E-state index is 11.5. The van der Waals surface area contributed by atoms with E-state index < -0.39 is 11.4 Å². The number of amides is 1. The van der Waals surface area contributed by atoms with Crippen molar-refractivity contribution in [3.8, 4) is 0 Å². The number of rotatable bonds is 5. The minimum atomic E-state index is -1.05. The van der Waals surface area contributed by atoms with E-state index in [9.17, 15) is 9.59 Å². The SMILES string of the molecule is Cn1ccc(CNC(=O)CC(C)(C)C(=O)O)n1. The number of hydrogen-bond donors (Lipinski definition) is 2. The smallest absolute Gasteiger partial charge is 0.309 e. The Hall–Kier alpha value is -1.85. The fourth-order valence-electron chi connectivity index (χ4n) is 1.29. The molecule has 6 heteroatoms. The van der Waals surface area contributed by atoms with Gasteiger partial charge in [0.25, 0.3) is 0 Å². The molecule has 1 aromatic rings. The summed E-state index contributed by atoms with van der Waals surface area (Å²) < 4.78 is 1.64. The van der Waals surface area contributed by atoms with E-state index in [4.69, 9.17) is 5.11 Å². The third-order valence-corrected chi connectivity index (χ3v) is 2.42. The van der Waals surface area contributed by atoms with Gasteiger partial charge in [-0.3, -0.25) is 14.3 Å². The van der Waals surface area contributed by atoms with Gasteiger partial charge in [-0.25, -0.2) is 0 Å². The van der Waals surface area contributed by atoms with E-state index >= 15 is 0 Å². The standard InChI is InChI=1S/C11H17N3O3/c1-11(2,10(16)17)6-9(15)12-7-8-4-5-14(3)13-8/h4-5H,6-7H2,1-3H3,(H,12,15)(H,16,17). The van der Waals surface area contributed by atoms with Crippen LogP contribution in [0.4, 0.5) is 0 Å². The summed E-state index contributed by atoms with van der Waals surface area (Å²) >= 11 is 0. The third-order valence-electron chi connectivity index (χ3n) is 2.42. The van der Waals surface area contributed by atoms with Gasteiger partial charge in [0.15, 0.2) is 0 Å². The van der Waals surface area contributed by atoms with Crippen molar-refractivity contribution in [2.24, 2.45) is 12.5 Å². The van der Waals surface area contributed by atoms with Gasteiger partial charge in [0, 0.05) is 19.7 Å². The summed E-state index contributed by atoms with van der Waals surface area (Å²) in [4.78, 5) is 22.4. The summed E-state index contributed by atoms with van der Waals surface area (Å²) in [6, 6.07) is 1.79. The second kappa shape index (κ2) is 4.99. The number of aryl methyl sites for hydroxylation is 1. The molecule has 1 amide bonds. The number of aromatic nitrogens is 2. The minimum absolute atomic E-state index is 0.0465. The number of hydrogen-bond acceptors (Lipinski definition) is 3. The second-order valence-corrected chi connectivity index (χ2v) is 4.62. The number of carboxylic acid groups (broad SMARTS) is 1. The van der Waals surface area contributed by atoms with E-state index in [2.05, 4.69) is 10.4 Å². The molecule has 0 aliphatic rings. The number of carboxylic acids is 1. The molecule has 0 radical (unpaired) electrons. The van der Waals surface area contributed by atoms with Crippen LogP contribution in [0.1, 0.15) is 26.0 Å². The molecule has 0 saturated carbocycles. The highest BCUT2D eigenvalue weighted by molar-refractivity contribution is 5.84. The first-order valence-electron chi connectivity index (χ1n) is 5.30. The first-order valence-corrected chi connectivity index (χ1v) is 5.30. The lowest BCUT2D eigenvalue weighted by Gasteiger charge is -2.17. The van der Waals surface area contributed by atoms with E-state index in [1.54, 1.807) is 24.0 Å². The predicted molar refractivity (Wildman–Crippen MR) is 61.1 cm³/mol. The van der Waals surface area contributed by atoms with Crippen LogP contribution in [0.25, 0.3) is 0 Å². The summed E-state index contributed by atoms with van der Waals surface area (Å²) in [5, 5.41) is 15.6. The molecule has 1 aromatic heterocycles. The van der Waals surface area contributed by atoms with Gasteiger partial charge in [-0.15, -0.1) is 0 Å². The van der Waals surface area contributed by atoms with Crippen molar-refractivity contribution in [2.75, 3.05) is 0 Å². The predicted octanol–water partition coefficient (Wildman–Crippen LogP) is 0.537. The second-order valence-electron chi connectivity index (χ2n) is 4.62. The Morgan fingerprint density at radius 3 is 2.65 bits per heavy atom. The maximum absolute atomic E-state index is 11.5. The van der Waals surface area contributed by atoms with Crippen LogP contribution >= 0.6 is 0 Å². The third kappa shape index (κ3) is 3.90. The van der Waals surface area contributed by atoms with E-state index in [0.29, 0.717) is 6.54 Å². The Morgan fingerprint density at radius 1 is 1.53 bits per heavy atom. The van der Waals surface area contributed by atoms with Gasteiger partial charge >= 0.3 is 5.97 Å². The Kier molecular flexibility index (Phi) is 3.88. The Morgan fingerprint density at radius 2 is 2.18 bits per heavy atom. The first-order chi connectivity index (χ1) is 7.81. The summed E-state index contributed by atoms with van der Waals surface area (Å²) in [5.41, 5.74) is -0.303. The highest BCUT2D eigenvalue weighted by Crippen LogP contribution is 2.19. The molecule has 6 nitrogen and oxygen atoms in total. The Bertz CT molecular complexity index is 423. The van der Waals surface area contributed by atoms with Gasteiger partial charge in [-0.2, -0.15) is 5.10 Å². The highest BCUT2D eigenvalue weighted by Gasteiger charge is 2.29. The lowest BCUT2D eigenvalue weighted by atomic mass is 9.89. The minimum Gasteiger partial charge on any atom is -0.481 e. The van der Waals surface area contributed by atoms with Gasteiger partial charge in [0.1, 0.15) is 0 Å². The van der Waals surface area contributed by atoms with Crippen molar-refractivity contribution in [1.82, 2.24) is 15.1 Å². The lowest BCUT2D eigenvalue weighted by Crippen LogP contribution is -2.33. The largest absolute Gasteiger partial charge is 0.481 e. The van der Waals surface area contributed by atoms with Crippen molar-refractivity contribution in [3.05, 3.63) is 18.0 Å². The number of carbonyl (C=O) groups excluding carboxylic acids is 1. The van der Waals surface area contributed by atoms with E-state index in [1.807, 2.05) is 0 Å². The summed E-state index contributed by atoms with van der Waals surface area (Å²) in [5.74, 6) is -1.27. The van der Waals surface area contributed by atoms with Crippen LogP contribution < -0.4 is 5.32 Å². The van der Waals surface area contributed by atoms with Crippen LogP contribution in [0, 0.1) is 5.41 Å². The number of aliphatic carboxylic acids is 1. The van der Waals surface area contributed by atoms with Gasteiger partial charge < -0.3 is 10.4 Å². The van der Waals surface area contributed by atoms with Gasteiger partial charge in [0.05, 0.1) is 17.7 Å². The topological polar surface area (TPSA) is 84.2 Å². The van der Waals surface area contributed by atoms with Crippen molar-refractivity contribution in [1.29, 1.82) is 0 Å². The molecule has 17 heavy (non-hydrogen) atoms. The molecule has 1 heterocycles. The highest BCUT2D eigenvalue weighted by atomic mass is 16.4. The van der Waals surface area contributed by atoms with Gasteiger partial charge in [-0.1, -0.05) is 0 Å². The molecular weight excluding hydrogens is 222 g/mol. The Labute approximate surface area is 99.6 Å². The molecule has 0 saturated heterocycles. The molecule has 0 aliphatic carbocycles.